The van der Waals surface area contributed by atoms with E-state index in [9.17, 15) is 4.79 Å². The van der Waals surface area contributed by atoms with E-state index in [1.54, 1.807) is 4.68 Å². The predicted octanol–water partition coefficient (Wildman–Crippen LogP) is 2.05. The molecule has 0 saturated heterocycles. The lowest BCUT2D eigenvalue weighted by atomic mass is 10.1. The van der Waals surface area contributed by atoms with E-state index in [2.05, 4.69) is 33.8 Å². The van der Waals surface area contributed by atoms with Crippen molar-refractivity contribution in [3.05, 3.63) is 60.4 Å². The second-order valence-electron chi connectivity index (χ2n) is 6.10. The van der Waals surface area contributed by atoms with E-state index < -0.39 is 0 Å². The number of hydrogen-bond acceptors (Lipinski definition) is 5. The van der Waals surface area contributed by atoms with Crippen LogP contribution in [0.5, 0.6) is 0 Å². The van der Waals surface area contributed by atoms with Crippen molar-refractivity contribution < 1.29 is 4.79 Å². The number of carbonyl (C=O) groups excluding carboxylic acids is 1. The van der Waals surface area contributed by atoms with Crippen molar-refractivity contribution in [1.29, 1.82) is 0 Å². The Hall–Kier alpha value is -3.22. The number of amides is 1. The molecule has 1 aliphatic heterocycles. The summed E-state index contributed by atoms with van der Waals surface area (Å²) >= 11 is 0. The molecule has 0 radical (unpaired) electrons. The van der Waals surface area contributed by atoms with Gasteiger partial charge in [0.2, 0.25) is 5.91 Å². The number of nitrogens with one attached hydrogen (secondary N) is 1. The van der Waals surface area contributed by atoms with Gasteiger partial charge in [0.25, 0.3) is 0 Å². The fourth-order valence-corrected chi connectivity index (χ4v) is 3.22. The summed E-state index contributed by atoms with van der Waals surface area (Å²) in [5, 5.41) is 14.3. The number of tetrazole rings is 1. The number of nitrogens with zero attached hydrogens (tertiary/aromatic N) is 5. The quantitative estimate of drug-likeness (QED) is 0.790. The minimum atomic E-state index is 0.0713. The van der Waals surface area contributed by atoms with Gasteiger partial charge in [-0.15, -0.1) is 5.10 Å². The molecule has 1 aromatic heterocycles. The predicted molar refractivity (Wildman–Crippen MR) is 94.7 cm³/mol. The highest BCUT2D eigenvalue weighted by atomic mass is 16.2. The standard InChI is InChI=1S/C18H18N6O/c1-13-10-14-4-2-3-5-17(14)24(13)18(25)11-19-15-6-8-16(9-7-15)23-12-20-21-22-23/h2-9,12-13,19H,10-11H2,1H3. The van der Waals surface area contributed by atoms with E-state index in [1.807, 2.05) is 47.4 Å². The van der Waals surface area contributed by atoms with E-state index in [0.29, 0.717) is 0 Å². The Kier molecular flexibility index (Phi) is 3.89. The topological polar surface area (TPSA) is 75.9 Å². The average Bonchev–Trinajstić information content (AvgIpc) is 3.27. The van der Waals surface area contributed by atoms with Crippen molar-refractivity contribution in [2.75, 3.05) is 16.8 Å². The van der Waals surface area contributed by atoms with E-state index in [1.165, 1.54) is 11.9 Å². The molecule has 1 atom stereocenters. The van der Waals surface area contributed by atoms with E-state index in [-0.39, 0.29) is 18.5 Å². The maximum Gasteiger partial charge on any atom is 0.246 e. The lowest BCUT2D eigenvalue weighted by molar-refractivity contribution is -0.117. The van der Waals surface area contributed by atoms with Crippen molar-refractivity contribution in [3.8, 4) is 5.69 Å². The number of carbonyl (C=O) groups is 1. The van der Waals surface area contributed by atoms with Gasteiger partial charge in [0.05, 0.1) is 12.2 Å². The summed E-state index contributed by atoms with van der Waals surface area (Å²) in [4.78, 5) is 14.6. The third kappa shape index (κ3) is 2.96. The summed E-state index contributed by atoms with van der Waals surface area (Å²) in [7, 11) is 0. The smallest absolute Gasteiger partial charge is 0.246 e. The second kappa shape index (κ2) is 6.35. The average molecular weight is 334 g/mol. The van der Waals surface area contributed by atoms with E-state index >= 15 is 0 Å². The van der Waals surface area contributed by atoms with Crippen LogP contribution in [0, 0.1) is 0 Å². The monoisotopic (exact) mass is 334 g/mol. The fourth-order valence-electron chi connectivity index (χ4n) is 3.22. The molecule has 7 heteroatoms. The van der Waals surface area contributed by atoms with Crippen molar-refractivity contribution in [2.24, 2.45) is 0 Å². The summed E-state index contributed by atoms with van der Waals surface area (Å²) in [5.41, 5.74) is 4.00. The Labute approximate surface area is 145 Å². The van der Waals surface area contributed by atoms with Gasteiger partial charge in [0.1, 0.15) is 6.33 Å². The van der Waals surface area contributed by atoms with Gasteiger partial charge in [-0.3, -0.25) is 4.79 Å². The Morgan fingerprint density at radius 1 is 1.20 bits per heavy atom. The number of aromatic nitrogens is 4. The van der Waals surface area contributed by atoms with Gasteiger partial charge in [-0.1, -0.05) is 18.2 Å². The molecule has 0 fully saturated rings. The van der Waals surface area contributed by atoms with Crippen molar-refractivity contribution >= 4 is 17.3 Å². The number of fused-ring (bicyclic) bond motifs is 1. The second-order valence-corrected chi connectivity index (χ2v) is 6.10. The molecule has 3 aromatic rings. The number of para-hydroxylation sites is 1. The molecule has 7 nitrogen and oxygen atoms in total. The fraction of sp³-hybridized carbons (Fsp3) is 0.222. The molecule has 1 unspecified atom stereocenters. The summed E-state index contributed by atoms with van der Waals surface area (Å²) in [6.45, 7) is 2.34. The molecule has 25 heavy (non-hydrogen) atoms. The maximum atomic E-state index is 12.7. The van der Waals surface area contributed by atoms with Gasteiger partial charge in [-0.25, -0.2) is 4.68 Å². The van der Waals surface area contributed by atoms with Crippen molar-refractivity contribution in [1.82, 2.24) is 20.2 Å². The molecule has 0 bridgehead atoms. The number of anilines is 2. The van der Waals surface area contributed by atoms with E-state index in [0.717, 1.165) is 23.5 Å². The Bertz CT molecular complexity index is 875. The molecule has 126 valence electrons. The van der Waals surface area contributed by atoms with Gasteiger partial charge in [-0.05, 0) is 59.7 Å². The first-order valence-corrected chi connectivity index (χ1v) is 8.19. The molecule has 1 amide bonds. The van der Waals surface area contributed by atoms with Crippen LogP contribution in [-0.2, 0) is 11.2 Å². The Morgan fingerprint density at radius 3 is 2.76 bits per heavy atom. The molecule has 0 saturated carbocycles. The minimum Gasteiger partial charge on any atom is -0.376 e. The Balaban J connectivity index is 1.42. The Morgan fingerprint density at radius 2 is 2.00 bits per heavy atom. The molecule has 1 N–H and O–H groups in total. The highest BCUT2D eigenvalue weighted by Crippen LogP contribution is 2.31. The zero-order valence-electron chi connectivity index (χ0n) is 13.8. The van der Waals surface area contributed by atoms with E-state index in [4.69, 9.17) is 0 Å². The zero-order valence-corrected chi connectivity index (χ0v) is 13.8. The van der Waals surface area contributed by atoms with Crippen molar-refractivity contribution in [2.45, 2.75) is 19.4 Å². The van der Waals surface area contributed by atoms with Crippen molar-refractivity contribution in [3.63, 3.8) is 0 Å². The summed E-state index contributed by atoms with van der Waals surface area (Å²) in [6, 6.07) is 15.9. The van der Waals surface area contributed by atoms with Crippen LogP contribution in [-0.4, -0.2) is 38.7 Å². The molecule has 4 rings (SSSR count). The number of rotatable bonds is 4. The van der Waals surface area contributed by atoms with Crippen LogP contribution in [0.1, 0.15) is 12.5 Å². The van der Waals surface area contributed by atoms with Crippen LogP contribution in [0.15, 0.2) is 54.9 Å². The van der Waals surface area contributed by atoms with Gasteiger partial charge in [0.15, 0.2) is 0 Å². The summed E-state index contributed by atoms with van der Waals surface area (Å²) < 4.78 is 1.58. The molecule has 2 heterocycles. The van der Waals surface area contributed by atoms with Crippen LogP contribution in [0.2, 0.25) is 0 Å². The first-order valence-electron chi connectivity index (χ1n) is 8.19. The third-order valence-electron chi connectivity index (χ3n) is 4.40. The van der Waals surface area contributed by atoms with Crippen LogP contribution in [0.3, 0.4) is 0 Å². The first-order chi connectivity index (χ1) is 12.2. The molecule has 2 aromatic carbocycles. The molecular weight excluding hydrogens is 316 g/mol. The van der Waals surface area contributed by atoms with Crippen LogP contribution < -0.4 is 10.2 Å². The molecule has 0 spiro atoms. The third-order valence-corrected chi connectivity index (χ3v) is 4.40. The lowest BCUT2D eigenvalue weighted by Crippen LogP contribution is -2.39. The first kappa shape index (κ1) is 15.3. The maximum absolute atomic E-state index is 12.7. The minimum absolute atomic E-state index is 0.0713. The highest BCUT2D eigenvalue weighted by molar-refractivity contribution is 5.98. The zero-order chi connectivity index (χ0) is 17.2. The van der Waals surface area contributed by atoms with Crippen LogP contribution in [0.25, 0.3) is 5.69 Å². The number of benzene rings is 2. The largest absolute Gasteiger partial charge is 0.376 e. The summed E-state index contributed by atoms with van der Waals surface area (Å²) in [5.74, 6) is 0.0713. The van der Waals surface area contributed by atoms with Gasteiger partial charge in [0, 0.05) is 17.4 Å². The molecular formula is C18H18N6O. The highest BCUT2D eigenvalue weighted by Gasteiger charge is 2.30. The van der Waals surface area contributed by atoms with Crippen LogP contribution >= 0.6 is 0 Å². The lowest BCUT2D eigenvalue weighted by Gasteiger charge is -2.23. The van der Waals surface area contributed by atoms with Gasteiger partial charge < -0.3 is 10.2 Å². The summed E-state index contributed by atoms with van der Waals surface area (Å²) in [6.07, 6.45) is 2.45. The number of hydrogen-bond donors (Lipinski definition) is 1. The molecule has 1 aliphatic rings. The van der Waals surface area contributed by atoms with Gasteiger partial charge >= 0.3 is 0 Å². The SMILES string of the molecule is CC1Cc2ccccc2N1C(=O)CNc1ccc(-n2cnnn2)cc1. The normalized spacial score (nSPS) is 15.9. The van der Waals surface area contributed by atoms with Gasteiger partial charge in [-0.2, -0.15) is 0 Å². The van der Waals surface area contributed by atoms with Crippen LogP contribution in [0.4, 0.5) is 11.4 Å². The molecule has 0 aliphatic carbocycles.